The van der Waals surface area contributed by atoms with Crippen molar-refractivity contribution in [1.82, 2.24) is 24.3 Å². The highest BCUT2D eigenvalue weighted by molar-refractivity contribution is 5.98. The van der Waals surface area contributed by atoms with Crippen LogP contribution in [-0.2, 0) is 26.9 Å². The number of benzene rings is 1. The summed E-state index contributed by atoms with van der Waals surface area (Å²) < 4.78 is 52.0. The standard InChI is InChI=1S/C32H33F3N6O4/c1-31(17-45-18-31)30(43)41-15-21(7-8-24(41)16-44-2)29-39-26(27-28(36)38-11-12-40(27)29)20-5-3-19(4-6-20)25(42)14-23-13-22(9-10-37-23)32(33,34)35/h3-6,9-13,21,24H,7-8,14-18H2,1-2H3,(H2,36,38)/t21-,24-/m1/s1. The highest BCUT2D eigenvalue weighted by Crippen LogP contribution is 2.38. The van der Waals surface area contributed by atoms with Crippen molar-refractivity contribution in [1.29, 1.82) is 0 Å². The summed E-state index contributed by atoms with van der Waals surface area (Å²) in [6, 6.07) is 8.39. The zero-order chi connectivity index (χ0) is 31.9. The molecule has 2 saturated heterocycles. The summed E-state index contributed by atoms with van der Waals surface area (Å²) in [4.78, 5) is 41.7. The number of imidazole rings is 1. The lowest BCUT2D eigenvalue weighted by atomic mass is 9.83. The van der Waals surface area contributed by atoms with E-state index in [0.29, 0.717) is 48.7 Å². The van der Waals surface area contributed by atoms with Crippen molar-refractivity contribution in [2.24, 2.45) is 5.41 Å². The molecule has 4 aromatic rings. The second-order valence-electron chi connectivity index (χ2n) is 12.0. The number of hydrogen-bond donors (Lipinski definition) is 1. The number of nitrogens with zero attached hydrogens (tertiary/aromatic N) is 5. The summed E-state index contributed by atoms with van der Waals surface area (Å²) in [5, 5.41) is 0. The number of fused-ring (bicyclic) bond motifs is 1. The number of piperidine rings is 1. The number of Topliss-reactive ketones (excluding diaryl/α,β-unsaturated/α-hetero) is 1. The third-order valence-corrected chi connectivity index (χ3v) is 8.63. The van der Waals surface area contributed by atoms with E-state index in [1.807, 2.05) is 16.2 Å². The van der Waals surface area contributed by atoms with Crippen molar-refractivity contribution in [3.63, 3.8) is 0 Å². The molecule has 2 aliphatic heterocycles. The molecule has 2 fully saturated rings. The SMILES string of the molecule is COC[C@H]1CC[C@@H](c2nc(-c3ccc(C(=O)Cc4cc(C(F)(F)F)ccn4)cc3)c3c(N)nccn23)CN1C(=O)C1(C)COC1. The fourth-order valence-electron chi connectivity index (χ4n) is 6.14. The van der Waals surface area contributed by atoms with Gasteiger partial charge >= 0.3 is 6.18 Å². The second-order valence-corrected chi connectivity index (χ2v) is 12.0. The van der Waals surface area contributed by atoms with Gasteiger partial charge in [-0.15, -0.1) is 0 Å². The van der Waals surface area contributed by atoms with E-state index in [1.165, 1.54) is 0 Å². The molecule has 5 heterocycles. The molecule has 0 saturated carbocycles. The topological polar surface area (TPSA) is 125 Å². The van der Waals surface area contributed by atoms with Crippen molar-refractivity contribution in [2.75, 3.05) is 39.2 Å². The first kappa shape index (κ1) is 30.7. The van der Waals surface area contributed by atoms with Crippen LogP contribution in [0.15, 0.2) is 55.0 Å². The lowest BCUT2D eigenvalue weighted by Gasteiger charge is -2.46. The molecule has 0 bridgehead atoms. The zero-order valence-electron chi connectivity index (χ0n) is 24.9. The summed E-state index contributed by atoms with van der Waals surface area (Å²) in [6.07, 6.45) is 1.18. The highest BCUT2D eigenvalue weighted by atomic mass is 19.4. The van der Waals surface area contributed by atoms with Crippen LogP contribution in [0.5, 0.6) is 0 Å². The van der Waals surface area contributed by atoms with Gasteiger partial charge < -0.3 is 20.1 Å². The number of amides is 1. The van der Waals surface area contributed by atoms with E-state index in [-0.39, 0.29) is 41.6 Å². The molecule has 0 radical (unpaired) electrons. The van der Waals surface area contributed by atoms with Crippen LogP contribution in [0.1, 0.15) is 53.1 Å². The first-order valence-electron chi connectivity index (χ1n) is 14.6. The summed E-state index contributed by atoms with van der Waals surface area (Å²) in [7, 11) is 1.63. The Hall–Kier alpha value is -4.36. The summed E-state index contributed by atoms with van der Waals surface area (Å²) >= 11 is 0. The van der Waals surface area contributed by atoms with Gasteiger partial charge in [0.25, 0.3) is 0 Å². The molecule has 3 aromatic heterocycles. The van der Waals surface area contributed by atoms with Crippen molar-refractivity contribution in [2.45, 2.75) is 44.3 Å². The van der Waals surface area contributed by atoms with E-state index < -0.39 is 17.2 Å². The summed E-state index contributed by atoms with van der Waals surface area (Å²) in [5.74, 6) is 0.614. The first-order chi connectivity index (χ1) is 21.5. The number of aromatic nitrogens is 4. The Labute approximate surface area is 257 Å². The molecule has 0 spiro atoms. The number of rotatable bonds is 8. The number of hydrogen-bond acceptors (Lipinski definition) is 8. The predicted molar refractivity (Wildman–Crippen MR) is 158 cm³/mol. The minimum Gasteiger partial charge on any atom is -0.383 e. The molecule has 6 rings (SSSR count). The second kappa shape index (κ2) is 11.9. The molecular weight excluding hydrogens is 589 g/mol. The number of alkyl halides is 3. The van der Waals surface area contributed by atoms with Crippen LogP contribution in [0, 0.1) is 5.41 Å². The highest BCUT2D eigenvalue weighted by Gasteiger charge is 2.47. The maximum absolute atomic E-state index is 13.6. The van der Waals surface area contributed by atoms with Gasteiger partial charge in [0.15, 0.2) is 5.78 Å². The Bertz CT molecular complexity index is 1740. The van der Waals surface area contributed by atoms with E-state index >= 15 is 0 Å². The lowest BCUT2D eigenvalue weighted by molar-refractivity contribution is -0.174. The van der Waals surface area contributed by atoms with E-state index in [9.17, 15) is 22.8 Å². The fraction of sp³-hybridized carbons (Fsp3) is 0.406. The molecule has 1 amide bonds. The number of nitrogens with two attached hydrogens (primary N) is 1. The van der Waals surface area contributed by atoms with Gasteiger partial charge in [-0.3, -0.25) is 19.0 Å². The van der Waals surface area contributed by atoms with Crippen molar-refractivity contribution < 1.29 is 32.2 Å². The van der Waals surface area contributed by atoms with Crippen molar-refractivity contribution >= 4 is 23.0 Å². The monoisotopic (exact) mass is 622 g/mol. The first-order valence-corrected chi connectivity index (χ1v) is 14.6. The quantitative estimate of drug-likeness (QED) is 0.284. The van der Waals surface area contributed by atoms with Gasteiger partial charge in [-0.05, 0) is 31.9 Å². The number of carbonyl (C=O) groups is 2. The van der Waals surface area contributed by atoms with Crippen LogP contribution in [0.4, 0.5) is 19.0 Å². The molecule has 0 unspecified atom stereocenters. The minimum absolute atomic E-state index is 0.0362. The van der Waals surface area contributed by atoms with E-state index in [1.54, 1.807) is 43.8 Å². The van der Waals surface area contributed by atoms with Crippen LogP contribution in [-0.4, -0.2) is 75.5 Å². The Morgan fingerprint density at radius 3 is 2.53 bits per heavy atom. The maximum Gasteiger partial charge on any atom is 0.416 e. The van der Waals surface area contributed by atoms with E-state index in [4.69, 9.17) is 20.2 Å². The predicted octanol–water partition coefficient (Wildman–Crippen LogP) is 4.58. The number of anilines is 1. The summed E-state index contributed by atoms with van der Waals surface area (Å²) in [5.41, 5.74) is 7.18. The number of methoxy groups -OCH3 is 1. The van der Waals surface area contributed by atoms with Gasteiger partial charge in [0, 0.05) is 55.0 Å². The Kier molecular flexibility index (Phi) is 8.08. The molecule has 2 N–H and O–H groups in total. The Morgan fingerprint density at radius 1 is 1.11 bits per heavy atom. The van der Waals surface area contributed by atoms with Gasteiger partial charge in [0.2, 0.25) is 5.91 Å². The van der Waals surface area contributed by atoms with Gasteiger partial charge in [0.05, 0.1) is 43.3 Å². The van der Waals surface area contributed by atoms with Crippen molar-refractivity contribution in [3.8, 4) is 11.3 Å². The smallest absolute Gasteiger partial charge is 0.383 e. The average molecular weight is 623 g/mol. The fourth-order valence-corrected chi connectivity index (χ4v) is 6.14. The number of ether oxygens (including phenoxy) is 2. The van der Waals surface area contributed by atoms with Crippen molar-refractivity contribution in [3.05, 3.63) is 77.6 Å². The largest absolute Gasteiger partial charge is 0.416 e. The van der Waals surface area contributed by atoms with Crippen LogP contribution >= 0.6 is 0 Å². The molecule has 2 aliphatic rings. The number of ketones is 1. The van der Waals surface area contributed by atoms with E-state index in [0.717, 1.165) is 37.0 Å². The summed E-state index contributed by atoms with van der Waals surface area (Å²) in [6.45, 7) is 3.60. The Balaban J connectivity index is 1.28. The number of carbonyl (C=O) groups excluding carboxylic acids is 2. The number of halogens is 3. The Morgan fingerprint density at radius 2 is 1.87 bits per heavy atom. The number of pyridine rings is 1. The van der Waals surface area contributed by atoms with Gasteiger partial charge in [-0.2, -0.15) is 13.2 Å². The average Bonchev–Trinajstić information content (AvgIpc) is 3.41. The van der Waals surface area contributed by atoms with Crippen LogP contribution in [0.2, 0.25) is 0 Å². The van der Waals surface area contributed by atoms with E-state index in [2.05, 4.69) is 9.97 Å². The number of likely N-dealkylation sites (tertiary alicyclic amines) is 1. The molecular formula is C32H33F3N6O4. The molecule has 1 aromatic carbocycles. The number of nitrogen functional groups attached to an aromatic ring is 1. The molecule has 236 valence electrons. The van der Waals surface area contributed by atoms with Gasteiger partial charge in [-0.1, -0.05) is 24.3 Å². The zero-order valence-corrected chi connectivity index (χ0v) is 24.9. The van der Waals surface area contributed by atoms with Gasteiger partial charge in [0.1, 0.15) is 22.9 Å². The molecule has 10 nitrogen and oxygen atoms in total. The van der Waals surface area contributed by atoms with Gasteiger partial charge in [-0.25, -0.2) is 9.97 Å². The molecule has 45 heavy (non-hydrogen) atoms. The normalized spacial score (nSPS) is 19.8. The molecule has 13 heteroatoms. The molecule has 0 aliphatic carbocycles. The third-order valence-electron chi connectivity index (χ3n) is 8.63. The minimum atomic E-state index is -4.52. The molecule has 2 atom stereocenters. The van der Waals surface area contributed by atoms with Crippen LogP contribution in [0.3, 0.4) is 0 Å². The third kappa shape index (κ3) is 5.89. The lowest BCUT2D eigenvalue weighted by Crippen LogP contribution is -2.58. The maximum atomic E-state index is 13.6. The van der Waals surface area contributed by atoms with Crippen LogP contribution in [0.25, 0.3) is 16.8 Å². The van der Waals surface area contributed by atoms with Crippen LogP contribution < -0.4 is 5.73 Å².